The van der Waals surface area contributed by atoms with Gasteiger partial charge < -0.3 is 24.4 Å². The zero-order valence-corrected chi connectivity index (χ0v) is 19.6. The van der Waals surface area contributed by atoms with Crippen molar-refractivity contribution in [2.24, 2.45) is 0 Å². The zero-order chi connectivity index (χ0) is 23.5. The monoisotopic (exact) mass is 442 g/mol. The molecule has 0 saturated heterocycles. The van der Waals surface area contributed by atoms with Crippen molar-refractivity contribution in [2.75, 3.05) is 27.4 Å². The van der Waals surface area contributed by atoms with Crippen molar-refractivity contribution in [1.29, 1.82) is 0 Å². The minimum Gasteiger partial charge on any atom is -0.496 e. The molecule has 2 rings (SSSR count). The summed E-state index contributed by atoms with van der Waals surface area (Å²) in [6.45, 7) is 6.49. The number of methoxy groups -OCH3 is 2. The van der Waals surface area contributed by atoms with Gasteiger partial charge in [0.05, 0.1) is 14.2 Å². The van der Waals surface area contributed by atoms with E-state index in [0.29, 0.717) is 30.3 Å². The van der Waals surface area contributed by atoms with Gasteiger partial charge in [-0.25, -0.2) is 0 Å². The molecule has 0 radical (unpaired) electrons. The first-order valence-corrected chi connectivity index (χ1v) is 10.9. The van der Waals surface area contributed by atoms with Crippen LogP contribution in [0.5, 0.6) is 17.2 Å². The molecule has 1 atom stereocenters. The van der Waals surface area contributed by atoms with E-state index >= 15 is 0 Å². The zero-order valence-electron chi connectivity index (χ0n) is 19.6. The largest absolute Gasteiger partial charge is 0.496 e. The standard InChI is InChI=1S/C25H34N2O5/c1-6-7-11-26-25(29)19(3)27(16-20-10-8-9-18(2)12-20)24(28)17-32-23-14-21(30-4)13-22(15-23)31-5/h8-10,12-15,19H,6-7,11,16-17H2,1-5H3,(H,26,29)/t19-/m0/s1. The Balaban J connectivity index is 2.16. The summed E-state index contributed by atoms with van der Waals surface area (Å²) in [6, 6.07) is 12.3. The fourth-order valence-corrected chi connectivity index (χ4v) is 3.22. The van der Waals surface area contributed by atoms with E-state index in [-0.39, 0.29) is 18.4 Å². The van der Waals surface area contributed by atoms with E-state index in [9.17, 15) is 9.59 Å². The van der Waals surface area contributed by atoms with Crippen LogP contribution in [0.25, 0.3) is 0 Å². The maximum absolute atomic E-state index is 13.1. The highest BCUT2D eigenvalue weighted by Crippen LogP contribution is 2.27. The Bertz CT molecular complexity index is 877. The summed E-state index contributed by atoms with van der Waals surface area (Å²) in [6.07, 6.45) is 1.88. The molecule has 7 heteroatoms. The maximum Gasteiger partial charge on any atom is 0.261 e. The second-order valence-corrected chi connectivity index (χ2v) is 7.67. The number of carbonyl (C=O) groups is 2. The molecule has 0 aliphatic heterocycles. The molecule has 0 aliphatic carbocycles. The number of ether oxygens (including phenoxy) is 3. The van der Waals surface area contributed by atoms with Gasteiger partial charge >= 0.3 is 0 Å². The molecule has 32 heavy (non-hydrogen) atoms. The molecule has 174 valence electrons. The van der Waals surface area contributed by atoms with Gasteiger partial charge in [0.2, 0.25) is 5.91 Å². The van der Waals surface area contributed by atoms with Crippen LogP contribution in [0.1, 0.15) is 37.8 Å². The maximum atomic E-state index is 13.1. The van der Waals surface area contributed by atoms with E-state index in [1.807, 2.05) is 31.2 Å². The quantitative estimate of drug-likeness (QED) is 0.507. The molecule has 0 fully saturated rings. The van der Waals surface area contributed by atoms with E-state index in [1.165, 1.54) is 0 Å². The summed E-state index contributed by atoms with van der Waals surface area (Å²) in [7, 11) is 3.10. The smallest absolute Gasteiger partial charge is 0.261 e. The van der Waals surface area contributed by atoms with Gasteiger partial charge in [0, 0.05) is 31.3 Å². The van der Waals surface area contributed by atoms with Crippen LogP contribution in [0, 0.1) is 6.92 Å². The minimum absolute atomic E-state index is 0.178. The van der Waals surface area contributed by atoms with Crippen LogP contribution in [0.2, 0.25) is 0 Å². The summed E-state index contributed by atoms with van der Waals surface area (Å²) < 4.78 is 16.2. The van der Waals surface area contributed by atoms with Crippen LogP contribution in [-0.4, -0.2) is 50.1 Å². The van der Waals surface area contributed by atoms with Crippen LogP contribution < -0.4 is 19.5 Å². The summed E-state index contributed by atoms with van der Waals surface area (Å²) in [5.41, 5.74) is 2.05. The lowest BCUT2D eigenvalue weighted by Crippen LogP contribution is -2.49. The third kappa shape index (κ3) is 7.48. The average Bonchev–Trinajstić information content (AvgIpc) is 2.80. The van der Waals surface area contributed by atoms with Crippen LogP contribution in [-0.2, 0) is 16.1 Å². The SMILES string of the molecule is CCCCNC(=O)[C@H](C)N(Cc1cccc(C)c1)C(=O)COc1cc(OC)cc(OC)c1. The third-order valence-corrected chi connectivity index (χ3v) is 5.12. The average molecular weight is 443 g/mol. The first-order valence-electron chi connectivity index (χ1n) is 10.9. The number of unbranched alkanes of at least 4 members (excludes halogenated alkanes) is 1. The highest BCUT2D eigenvalue weighted by Gasteiger charge is 2.26. The van der Waals surface area contributed by atoms with Gasteiger partial charge in [0.25, 0.3) is 5.91 Å². The van der Waals surface area contributed by atoms with Crippen LogP contribution in [0.3, 0.4) is 0 Å². The van der Waals surface area contributed by atoms with E-state index in [2.05, 4.69) is 12.2 Å². The first kappa shape index (κ1) is 25.0. The van der Waals surface area contributed by atoms with E-state index in [0.717, 1.165) is 24.0 Å². The minimum atomic E-state index is -0.636. The van der Waals surface area contributed by atoms with Gasteiger partial charge in [-0.3, -0.25) is 9.59 Å². The van der Waals surface area contributed by atoms with Crippen molar-refractivity contribution in [3.8, 4) is 17.2 Å². The van der Waals surface area contributed by atoms with Gasteiger partial charge in [-0.2, -0.15) is 0 Å². The summed E-state index contributed by atoms with van der Waals surface area (Å²) in [5.74, 6) is 1.11. The van der Waals surface area contributed by atoms with E-state index < -0.39 is 6.04 Å². The van der Waals surface area contributed by atoms with Crippen LogP contribution >= 0.6 is 0 Å². The molecular formula is C25H34N2O5. The van der Waals surface area contributed by atoms with Crippen molar-refractivity contribution in [2.45, 2.75) is 46.2 Å². The highest BCUT2D eigenvalue weighted by atomic mass is 16.5. The van der Waals surface area contributed by atoms with Crippen molar-refractivity contribution in [3.05, 3.63) is 53.6 Å². The summed E-state index contributed by atoms with van der Waals surface area (Å²) in [4.78, 5) is 27.4. The van der Waals surface area contributed by atoms with Crippen molar-refractivity contribution >= 4 is 11.8 Å². The molecular weight excluding hydrogens is 408 g/mol. The van der Waals surface area contributed by atoms with Crippen molar-refractivity contribution in [3.63, 3.8) is 0 Å². The second kappa shape index (κ2) is 12.6. The Kier molecular flexibility index (Phi) is 9.85. The molecule has 2 amide bonds. The molecule has 0 saturated carbocycles. The number of hydrogen-bond donors (Lipinski definition) is 1. The van der Waals surface area contributed by atoms with Gasteiger partial charge in [-0.15, -0.1) is 0 Å². The Hall–Kier alpha value is -3.22. The van der Waals surface area contributed by atoms with Crippen molar-refractivity contribution in [1.82, 2.24) is 10.2 Å². The Morgan fingerprint density at radius 3 is 2.28 bits per heavy atom. The third-order valence-electron chi connectivity index (χ3n) is 5.12. The second-order valence-electron chi connectivity index (χ2n) is 7.67. The fourth-order valence-electron chi connectivity index (χ4n) is 3.22. The van der Waals surface area contributed by atoms with Crippen LogP contribution in [0.15, 0.2) is 42.5 Å². The fraction of sp³-hybridized carbons (Fsp3) is 0.440. The van der Waals surface area contributed by atoms with Gasteiger partial charge in [0.15, 0.2) is 6.61 Å². The molecule has 0 aliphatic rings. The molecule has 0 aromatic heterocycles. The lowest BCUT2D eigenvalue weighted by Gasteiger charge is -2.29. The predicted molar refractivity (Wildman–Crippen MR) is 124 cm³/mol. The van der Waals surface area contributed by atoms with Gasteiger partial charge in [-0.05, 0) is 25.8 Å². The number of carbonyl (C=O) groups excluding carboxylic acids is 2. The molecule has 0 heterocycles. The van der Waals surface area contributed by atoms with Gasteiger partial charge in [-0.1, -0.05) is 43.2 Å². The van der Waals surface area contributed by atoms with Crippen LogP contribution in [0.4, 0.5) is 0 Å². The number of aryl methyl sites for hydroxylation is 1. The van der Waals surface area contributed by atoms with Crippen molar-refractivity contribution < 1.29 is 23.8 Å². The Labute approximate surface area is 190 Å². The number of nitrogens with zero attached hydrogens (tertiary/aromatic N) is 1. The topological polar surface area (TPSA) is 77.1 Å². The number of rotatable bonds is 12. The molecule has 1 N–H and O–H groups in total. The Morgan fingerprint density at radius 1 is 1.03 bits per heavy atom. The number of hydrogen-bond acceptors (Lipinski definition) is 5. The molecule has 0 spiro atoms. The molecule has 7 nitrogen and oxygen atoms in total. The number of benzene rings is 2. The normalized spacial score (nSPS) is 11.4. The number of amides is 2. The molecule has 0 unspecified atom stereocenters. The highest BCUT2D eigenvalue weighted by molar-refractivity contribution is 5.88. The summed E-state index contributed by atoms with van der Waals surface area (Å²) in [5, 5.41) is 2.91. The summed E-state index contributed by atoms with van der Waals surface area (Å²) >= 11 is 0. The predicted octanol–water partition coefficient (Wildman–Crippen LogP) is 3.72. The Morgan fingerprint density at radius 2 is 1.69 bits per heavy atom. The van der Waals surface area contributed by atoms with Gasteiger partial charge in [0.1, 0.15) is 23.3 Å². The van der Waals surface area contributed by atoms with E-state index in [4.69, 9.17) is 14.2 Å². The molecule has 2 aromatic carbocycles. The number of nitrogens with one attached hydrogen (secondary N) is 1. The lowest BCUT2D eigenvalue weighted by molar-refractivity contribution is -0.142. The molecule has 2 aromatic rings. The first-order chi connectivity index (χ1) is 15.4. The van der Waals surface area contributed by atoms with E-state index in [1.54, 1.807) is 44.2 Å². The molecule has 0 bridgehead atoms. The lowest BCUT2D eigenvalue weighted by atomic mass is 10.1.